The first-order chi connectivity index (χ1) is 8.41. The molecule has 1 saturated heterocycles. The highest BCUT2D eigenvalue weighted by atomic mass is 16.2. The van der Waals surface area contributed by atoms with E-state index in [9.17, 15) is 4.79 Å². The van der Waals surface area contributed by atoms with E-state index in [4.69, 9.17) is 5.73 Å². The quantitative estimate of drug-likeness (QED) is 0.823. The number of anilines is 1. The van der Waals surface area contributed by atoms with Crippen molar-refractivity contribution in [3.63, 3.8) is 0 Å². The number of nitrogen functional groups attached to an aromatic ring is 1. The normalized spacial score (nSPS) is 24.3. The van der Waals surface area contributed by atoms with Crippen LogP contribution in [0.3, 0.4) is 0 Å². The van der Waals surface area contributed by atoms with E-state index < -0.39 is 0 Å². The summed E-state index contributed by atoms with van der Waals surface area (Å²) in [5.74, 6) is 0.699. The molecule has 2 heterocycles. The number of piperidine rings is 1. The third-order valence-electron chi connectivity index (χ3n) is 3.87. The van der Waals surface area contributed by atoms with Gasteiger partial charge < -0.3 is 10.6 Å². The number of likely N-dealkylation sites (tertiary alicyclic amines) is 1. The fourth-order valence-corrected chi connectivity index (χ4v) is 2.77. The van der Waals surface area contributed by atoms with Crippen LogP contribution in [0.4, 0.5) is 5.69 Å². The van der Waals surface area contributed by atoms with Gasteiger partial charge in [0.15, 0.2) is 0 Å². The molecule has 2 N–H and O–H groups in total. The van der Waals surface area contributed by atoms with Crippen LogP contribution in [0.25, 0.3) is 0 Å². The molecule has 0 saturated carbocycles. The van der Waals surface area contributed by atoms with E-state index >= 15 is 0 Å². The monoisotopic (exact) mass is 250 g/mol. The molecule has 2 unspecified atom stereocenters. The number of hydrogen-bond donors (Lipinski definition) is 1. The number of aromatic nitrogens is 2. The Balaban J connectivity index is 2.26. The van der Waals surface area contributed by atoms with Gasteiger partial charge in [0.2, 0.25) is 0 Å². The standard InChI is InChI=1S/C13H22N4O/c1-8-5-6-17(9(2)7-8)13(18)12-11(14)10(3)15-16(12)4/h8-9H,5-7,14H2,1-4H3. The number of carbonyl (C=O) groups is 1. The van der Waals surface area contributed by atoms with Crippen LogP contribution < -0.4 is 5.73 Å². The van der Waals surface area contributed by atoms with Gasteiger partial charge in [0.1, 0.15) is 5.69 Å². The first-order valence-electron chi connectivity index (χ1n) is 6.51. The Bertz CT molecular complexity index is 466. The predicted octanol–water partition coefficient (Wildman–Crippen LogP) is 1.57. The number of carbonyl (C=O) groups excluding carboxylic acids is 1. The number of nitrogens with zero attached hydrogens (tertiary/aromatic N) is 3. The van der Waals surface area contributed by atoms with Crippen molar-refractivity contribution in [1.29, 1.82) is 0 Å². The van der Waals surface area contributed by atoms with Gasteiger partial charge in [-0.3, -0.25) is 9.48 Å². The summed E-state index contributed by atoms with van der Waals surface area (Å²) in [5, 5.41) is 4.21. The number of aryl methyl sites for hydroxylation is 2. The van der Waals surface area contributed by atoms with E-state index in [1.165, 1.54) is 0 Å². The van der Waals surface area contributed by atoms with Crippen molar-refractivity contribution in [2.45, 2.75) is 39.7 Å². The molecular formula is C13H22N4O. The topological polar surface area (TPSA) is 64.2 Å². The van der Waals surface area contributed by atoms with Gasteiger partial charge in [-0.25, -0.2) is 0 Å². The Kier molecular flexibility index (Phi) is 3.32. The van der Waals surface area contributed by atoms with Crippen LogP contribution in [0.15, 0.2) is 0 Å². The second-order valence-corrected chi connectivity index (χ2v) is 5.45. The number of rotatable bonds is 1. The minimum Gasteiger partial charge on any atom is -0.395 e. The van der Waals surface area contributed by atoms with Crippen LogP contribution in [-0.4, -0.2) is 33.2 Å². The smallest absolute Gasteiger partial charge is 0.274 e. The summed E-state index contributed by atoms with van der Waals surface area (Å²) in [7, 11) is 1.77. The largest absolute Gasteiger partial charge is 0.395 e. The first-order valence-corrected chi connectivity index (χ1v) is 6.51. The van der Waals surface area contributed by atoms with Gasteiger partial charge >= 0.3 is 0 Å². The molecule has 0 spiro atoms. The Morgan fingerprint density at radius 1 is 1.44 bits per heavy atom. The molecule has 1 amide bonds. The van der Waals surface area contributed by atoms with Gasteiger partial charge in [-0.05, 0) is 32.6 Å². The Labute approximate surface area is 108 Å². The third kappa shape index (κ3) is 2.09. The minimum absolute atomic E-state index is 0.00926. The zero-order valence-electron chi connectivity index (χ0n) is 11.6. The van der Waals surface area contributed by atoms with Crippen LogP contribution >= 0.6 is 0 Å². The average molecular weight is 250 g/mol. The molecule has 2 atom stereocenters. The van der Waals surface area contributed by atoms with Crippen molar-refractivity contribution in [2.24, 2.45) is 13.0 Å². The van der Waals surface area contributed by atoms with E-state index in [-0.39, 0.29) is 11.9 Å². The van der Waals surface area contributed by atoms with Crippen LogP contribution in [0.1, 0.15) is 42.9 Å². The number of amides is 1. The lowest BCUT2D eigenvalue weighted by atomic mass is 9.93. The van der Waals surface area contributed by atoms with Crippen molar-refractivity contribution in [3.05, 3.63) is 11.4 Å². The van der Waals surface area contributed by atoms with Crippen LogP contribution in [0.2, 0.25) is 0 Å². The van der Waals surface area contributed by atoms with Gasteiger partial charge in [-0.15, -0.1) is 0 Å². The fourth-order valence-electron chi connectivity index (χ4n) is 2.77. The number of hydrogen-bond acceptors (Lipinski definition) is 3. The molecule has 1 fully saturated rings. The van der Waals surface area contributed by atoms with Crippen molar-refractivity contribution >= 4 is 11.6 Å². The van der Waals surface area contributed by atoms with Crippen LogP contribution in [0.5, 0.6) is 0 Å². The summed E-state index contributed by atoms with van der Waals surface area (Å²) in [6.45, 7) is 6.98. The summed E-state index contributed by atoms with van der Waals surface area (Å²) < 4.78 is 1.59. The van der Waals surface area contributed by atoms with Crippen LogP contribution in [-0.2, 0) is 7.05 Å². The van der Waals surface area contributed by atoms with Gasteiger partial charge in [0.05, 0.1) is 11.4 Å². The molecule has 18 heavy (non-hydrogen) atoms. The van der Waals surface area contributed by atoms with Crippen molar-refractivity contribution in [3.8, 4) is 0 Å². The summed E-state index contributed by atoms with van der Waals surface area (Å²) in [6.07, 6.45) is 2.12. The molecule has 1 aliphatic heterocycles. The highest BCUT2D eigenvalue weighted by Gasteiger charge is 2.30. The van der Waals surface area contributed by atoms with Crippen molar-refractivity contribution in [2.75, 3.05) is 12.3 Å². The molecule has 0 bridgehead atoms. The Morgan fingerprint density at radius 2 is 2.11 bits per heavy atom. The summed E-state index contributed by atoms with van der Waals surface area (Å²) in [5.41, 5.74) is 7.70. The molecule has 0 aliphatic carbocycles. The molecule has 0 aromatic carbocycles. The second kappa shape index (κ2) is 4.63. The third-order valence-corrected chi connectivity index (χ3v) is 3.87. The van der Waals surface area contributed by atoms with Gasteiger partial charge in [0, 0.05) is 19.6 Å². The van der Waals surface area contributed by atoms with Gasteiger partial charge in [0.25, 0.3) is 5.91 Å². The van der Waals surface area contributed by atoms with Gasteiger partial charge in [-0.2, -0.15) is 5.10 Å². The molecule has 100 valence electrons. The molecule has 2 rings (SSSR count). The maximum Gasteiger partial charge on any atom is 0.274 e. The Morgan fingerprint density at radius 3 is 2.61 bits per heavy atom. The SMILES string of the molecule is Cc1nn(C)c(C(=O)N2CCC(C)CC2C)c1N. The average Bonchev–Trinajstić information content (AvgIpc) is 2.52. The highest BCUT2D eigenvalue weighted by molar-refractivity contribution is 5.98. The molecule has 5 nitrogen and oxygen atoms in total. The predicted molar refractivity (Wildman–Crippen MR) is 71.3 cm³/mol. The lowest BCUT2D eigenvalue weighted by Gasteiger charge is -2.36. The number of nitrogens with two attached hydrogens (primary N) is 1. The zero-order valence-corrected chi connectivity index (χ0v) is 11.6. The maximum atomic E-state index is 12.6. The van der Waals surface area contributed by atoms with E-state index in [0.29, 0.717) is 17.3 Å². The molecular weight excluding hydrogens is 228 g/mol. The molecule has 0 radical (unpaired) electrons. The summed E-state index contributed by atoms with van der Waals surface area (Å²) >= 11 is 0. The van der Waals surface area contributed by atoms with Crippen LogP contribution in [0, 0.1) is 12.8 Å². The van der Waals surface area contributed by atoms with E-state index in [0.717, 1.165) is 25.1 Å². The van der Waals surface area contributed by atoms with E-state index in [1.54, 1.807) is 11.7 Å². The van der Waals surface area contributed by atoms with Gasteiger partial charge in [-0.1, -0.05) is 6.92 Å². The van der Waals surface area contributed by atoms with E-state index in [1.807, 2.05) is 11.8 Å². The molecule has 1 aromatic heterocycles. The lowest BCUT2D eigenvalue weighted by Crippen LogP contribution is -2.44. The maximum absolute atomic E-state index is 12.6. The molecule has 1 aromatic rings. The van der Waals surface area contributed by atoms with Crippen molar-refractivity contribution in [1.82, 2.24) is 14.7 Å². The summed E-state index contributed by atoms with van der Waals surface area (Å²) in [4.78, 5) is 14.5. The Hall–Kier alpha value is -1.52. The highest BCUT2D eigenvalue weighted by Crippen LogP contribution is 2.25. The summed E-state index contributed by atoms with van der Waals surface area (Å²) in [6, 6.07) is 0.274. The van der Waals surface area contributed by atoms with E-state index in [2.05, 4.69) is 18.9 Å². The first kappa shape index (κ1) is 12.9. The lowest BCUT2D eigenvalue weighted by molar-refractivity contribution is 0.0578. The molecule has 1 aliphatic rings. The second-order valence-electron chi connectivity index (χ2n) is 5.45. The zero-order chi connectivity index (χ0) is 13.4. The van der Waals surface area contributed by atoms with Crippen molar-refractivity contribution < 1.29 is 4.79 Å². The minimum atomic E-state index is 0.00926. The molecule has 5 heteroatoms. The fraction of sp³-hybridized carbons (Fsp3) is 0.692.